The van der Waals surface area contributed by atoms with Crippen molar-refractivity contribution in [3.63, 3.8) is 0 Å². The molecule has 1 N–H and O–H groups in total. The van der Waals surface area contributed by atoms with Gasteiger partial charge in [-0.2, -0.15) is 0 Å². The Morgan fingerprint density at radius 2 is 1.85 bits per heavy atom. The first-order valence-electron chi connectivity index (χ1n) is 8.42. The zero-order valence-corrected chi connectivity index (χ0v) is 16.0. The van der Waals surface area contributed by atoms with E-state index in [1.165, 1.54) is 0 Å². The fourth-order valence-corrected chi connectivity index (χ4v) is 2.62. The molecule has 0 heterocycles. The van der Waals surface area contributed by atoms with E-state index in [0.717, 1.165) is 16.9 Å². The average Bonchev–Trinajstić information content (AvgIpc) is 2.66. The van der Waals surface area contributed by atoms with Crippen molar-refractivity contribution in [3.05, 3.63) is 58.6 Å². The summed E-state index contributed by atoms with van der Waals surface area (Å²) in [4.78, 5) is 23.5. The Morgan fingerprint density at radius 3 is 2.59 bits per heavy atom. The maximum absolute atomic E-state index is 11.8. The van der Waals surface area contributed by atoms with E-state index in [1.807, 2.05) is 31.2 Å². The summed E-state index contributed by atoms with van der Waals surface area (Å²) in [6.07, 6.45) is 0.614. The second kappa shape index (κ2) is 10.4. The first kappa shape index (κ1) is 20.6. The molecule has 0 saturated carbocycles. The van der Waals surface area contributed by atoms with Crippen LogP contribution < -0.4 is 14.8 Å². The highest BCUT2D eigenvalue weighted by Crippen LogP contribution is 2.21. The number of methoxy groups -OCH3 is 1. The Morgan fingerprint density at radius 1 is 1.07 bits per heavy atom. The zero-order valence-electron chi connectivity index (χ0n) is 15.3. The number of rotatable bonds is 9. The molecule has 7 heteroatoms. The molecule has 0 aliphatic carbocycles. The molecule has 0 aliphatic rings. The minimum Gasteiger partial charge on any atom is -0.496 e. The lowest BCUT2D eigenvalue weighted by Gasteiger charge is -2.10. The largest absolute Gasteiger partial charge is 0.496 e. The highest BCUT2D eigenvalue weighted by atomic mass is 35.5. The number of hydrogen-bond acceptors (Lipinski definition) is 5. The maximum Gasteiger partial charge on any atom is 0.344 e. The van der Waals surface area contributed by atoms with Crippen molar-refractivity contribution in [3.8, 4) is 11.5 Å². The van der Waals surface area contributed by atoms with Crippen LogP contribution >= 0.6 is 11.6 Å². The van der Waals surface area contributed by atoms with E-state index in [4.69, 9.17) is 25.8 Å². The molecule has 0 aliphatic heterocycles. The quantitative estimate of drug-likeness (QED) is 0.665. The molecule has 6 nitrogen and oxygen atoms in total. The number of hydrogen-bond donors (Lipinski definition) is 1. The molecule has 0 aromatic heterocycles. The highest BCUT2D eigenvalue weighted by Gasteiger charge is 2.10. The van der Waals surface area contributed by atoms with Gasteiger partial charge in [0.15, 0.2) is 13.2 Å². The van der Waals surface area contributed by atoms with Crippen molar-refractivity contribution < 1.29 is 23.8 Å². The number of esters is 1. The molecule has 27 heavy (non-hydrogen) atoms. The standard InChI is InChI=1S/C20H22ClNO5/c1-14-11-16(21)7-8-17(14)26-13-20(24)27-12-19(23)22-10-9-15-5-3-4-6-18(15)25-2/h3-8,11H,9-10,12-13H2,1-2H3,(H,22,23). The van der Waals surface area contributed by atoms with Gasteiger partial charge in [0.1, 0.15) is 11.5 Å². The number of benzene rings is 2. The van der Waals surface area contributed by atoms with E-state index >= 15 is 0 Å². The van der Waals surface area contributed by atoms with E-state index in [0.29, 0.717) is 23.7 Å². The van der Waals surface area contributed by atoms with Gasteiger partial charge < -0.3 is 19.5 Å². The molecule has 2 rings (SSSR count). The molecule has 0 saturated heterocycles. The summed E-state index contributed by atoms with van der Waals surface area (Å²) in [5, 5.41) is 3.29. The summed E-state index contributed by atoms with van der Waals surface area (Å²) in [6, 6.07) is 12.7. The Balaban J connectivity index is 1.66. The van der Waals surface area contributed by atoms with Crippen LogP contribution in [-0.2, 0) is 20.7 Å². The third kappa shape index (κ3) is 6.83. The molecule has 2 aromatic carbocycles. The van der Waals surface area contributed by atoms with Crippen LogP contribution in [0.2, 0.25) is 5.02 Å². The molecule has 144 valence electrons. The molecule has 1 amide bonds. The lowest BCUT2D eigenvalue weighted by atomic mass is 10.1. The molecular formula is C20H22ClNO5. The van der Waals surface area contributed by atoms with E-state index < -0.39 is 5.97 Å². The molecule has 0 bridgehead atoms. The smallest absolute Gasteiger partial charge is 0.344 e. The van der Waals surface area contributed by atoms with E-state index in [1.54, 1.807) is 25.3 Å². The zero-order chi connectivity index (χ0) is 19.6. The monoisotopic (exact) mass is 391 g/mol. The van der Waals surface area contributed by atoms with Gasteiger partial charge in [-0.25, -0.2) is 4.79 Å². The van der Waals surface area contributed by atoms with Crippen molar-refractivity contribution >= 4 is 23.5 Å². The number of ether oxygens (including phenoxy) is 3. The molecule has 0 radical (unpaired) electrons. The highest BCUT2D eigenvalue weighted by molar-refractivity contribution is 6.30. The minimum absolute atomic E-state index is 0.281. The average molecular weight is 392 g/mol. The molecule has 0 spiro atoms. The first-order chi connectivity index (χ1) is 13.0. The number of carbonyl (C=O) groups is 2. The number of amides is 1. The molecule has 0 atom stereocenters. The minimum atomic E-state index is -0.621. The number of aryl methyl sites for hydroxylation is 1. The summed E-state index contributed by atoms with van der Waals surface area (Å²) in [5.41, 5.74) is 1.80. The van der Waals surface area contributed by atoms with Crippen LogP contribution in [0.1, 0.15) is 11.1 Å². The summed E-state index contributed by atoms with van der Waals surface area (Å²) >= 11 is 5.86. The van der Waals surface area contributed by atoms with E-state index in [9.17, 15) is 9.59 Å². The van der Waals surface area contributed by atoms with Crippen molar-refractivity contribution in [2.75, 3.05) is 26.9 Å². The van der Waals surface area contributed by atoms with Crippen LogP contribution in [0.15, 0.2) is 42.5 Å². The van der Waals surface area contributed by atoms with Crippen molar-refractivity contribution in [2.24, 2.45) is 0 Å². The van der Waals surface area contributed by atoms with Gasteiger partial charge in [-0.05, 0) is 48.7 Å². The number of halogens is 1. The predicted octanol–water partition coefficient (Wildman–Crippen LogP) is 2.94. The second-order valence-corrected chi connectivity index (χ2v) is 6.21. The maximum atomic E-state index is 11.8. The van der Waals surface area contributed by atoms with Crippen LogP contribution in [0.3, 0.4) is 0 Å². The number of nitrogens with one attached hydrogen (secondary N) is 1. The van der Waals surface area contributed by atoms with Gasteiger partial charge in [0, 0.05) is 11.6 Å². The van der Waals surface area contributed by atoms with Gasteiger partial charge >= 0.3 is 5.97 Å². The fraction of sp³-hybridized carbons (Fsp3) is 0.300. The number of para-hydroxylation sites is 1. The molecular weight excluding hydrogens is 370 g/mol. The molecule has 0 fully saturated rings. The van der Waals surface area contributed by atoms with Crippen LogP contribution in [0.5, 0.6) is 11.5 Å². The Kier molecular flexibility index (Phi) is 7.95. The van der Waals surface area contributed by atoms with Crippen molar-refractivity contribution in [1.29, 1.82) is 0 Å². The Labute approximate surface area is 163 Å². The summed E-state index contributed by atoms with van der Waals surface area (Å²) in [7, 11) is 1.60. The molecule has 2 aromatic rings. The van der Waals surface area contributed by atoms with E-state index in [-0.39, 0.29) is 19.1 Å². The van der Waals surface area contributed by atoms with Crippen LogP contribution in [0.4, 0.5) is 0 Å². The van der Waals surface area contributed by atoms with Crippen LogP contribution in [0.25, 0.3) is 0 Å². The summed E-state index contributed by atoms with van der Waals surface area (Å²) in [6.45, 7) is 1.60. The van der Waals surface area contributed by atoms with Crippen molar-refractivity contribution in [1.82, 2.24) is 5.32 Å². The van der Waals surface area contributed by atoms with Gasteiger partial charge in [-0.3, -0.25) is 4.79 Å². The Bertz CT molecular complexity index is 794. The van der Waals surface area contributed by atoms with Gasteiger partial charge in [-0.15, -0.1) is 0 Å². The lowest BCUT2D eigenvalue weighted by molar-refractivity contribution is -0.150. The molecule has 0 unspecified atom stereocenters. The first-order valence-corrected chi connectivity index (χ1v) is 8.80. The van der Waals surface area contributed by atoms with Gasteiger partial charge in [0.25, 0.3) is 5.91 Å². The third-order valence-corrected chi connectivity index (χ3v) is 3.99. The SMILES string of the molecule is COc1ccccc1CCNC(=O)COC(=O)COc1ccc(Cl)cc1C. The predicted molar refractivity (Wildman–Crippen MR) is 102 cm³/mol. The number of carbonyl (C=O) groups excluding carboxylic acids is 2. The van der Waals surface area contributed by atoms with E-state index in [2.05, 4.69) is 5.32 Å². The second-order valence-electron chi connectivity index (χ2n) is 5.77. The van der Waals surface area contributed by atoms with Crippen LogP contribution in [0, 0.1) is 6.92 Å². The lowest BCUT2D eigenvalue weighted by Crippen LogP contribution is -2.31. The third-order valence-electron chi connectivity index (χ3n) is 3.76. The van der Waals surface area contributed by atoms with Gasteiger partial charge in [0.2, 0.25) is 0 Å². The Hall–Kier alpha value is -2.73. The summed E-state index contributed by atoms with van der Waals surface area (Å²) < 4.78 is 15.5. The summed E-state index contributed by atoms with van der Waals surface area (Å²) in [5.74, 6) is 0.315. The fourth-order valence-electron chi connectivity index (χ4n) is 2.40. The normalized spacial score (nSPS) is 10.2. The van der Waals surface area contributed by atoms with Crippen molar-refractivity contribution in [2.45, 2.75) is 13.3 Å². The van der Waals surface area contributed by atoms with Gasteiger partial charge in [-0.1, -0.05) is 29.8 Å². The van der Waals surface area contributed by atoms with Gasteiger partial charge in [0.05, 0.1) is 7.11 Å². The van der Waals surface area contributed by atoms with Crippen LogP contribution in [-0.4, -0.2) is 38.7 Å². The topological polar surface area (TPSA) is 73.9 Å².